The van der Waals surface area contributed by atoms with Crippen molar-refractivity contribution in [2.24, 2.45) is 10.2 Å². The zero-order valence-corrected chi connectivity index (χ0v) is 8.96. The molecule has 0 amide bonds. The number of hydrogen-bond donors (Lipinski definition) is 4. The summed E-state index contributed by atoms with van der Waals surface area (Å²) in [5.74, 6) is 0.445. The average molecular weight is 232 g/mol. The monoisotopic (exact) mass is 232 g/mol. The van der Waals surface area contributed by atoms with E-state index in [1.54, 1.807) is 18.2 Å². The predicted octanol–water partition coefficient (Wildman–Crippen LogP) is 1.48. The number of nitrogens with two attached hydrogens (primary N) is 2. The number of aromatic nitrogens is 2. The number of anilines is 2. The zero-order chi connectivity index (χ0) is 12.3. The Morgan fingerprint density at radius 1 is 1.24 bits per heavy atom. The van der Waals surface area contributed by atoms with Gasteiger partial charge >= 0.3 is 0 Å². The highest BCUT2D eigenvalue weighted by Gasteiger charge is 2.06. The maximum absolute atomic E-state index is 9.12. The topological polar surface area (TPSA) is 126 Å². The normalized spacial score (nSPS) is 11.1. The second-order valence-electron chi connectivity index (χ2n) is 3.36. The molecule has 0 radical (unpaired) electrons. The van der Waals surface area contributed by atoms with Crippen LogP contribution in [0.5, 0.6) is 0 Å². The van der Waals surface area contributed by atoms with Gasteiger partial charge in [-0.3, -0.25) is 5.10 Å². The molecule has 1 aromatic heterocycles. The van der Waals surface area contributed by atoms with Gasteiger partial charge < -0.3 is 16.6 Å². The lowest BCUT2D eigenvalue weighted by molar-refractivity contribution is 0.282. The molecule has 0 spiro atoms. The van der Waals surface area contributed by atoms with Crippen LogP contribution < -0.4 is 11.5 Å². The van der Waals surface area contributed by atoms with Crippen molar-refractivity contribution in [1.82, 2.24) is 10.2 Å². The number of aliphatic hydroxyl groups is 1. The van der Waals surface area contributed by atoms with E-state index < -0.39 is 0 Å². The van der Waals surface area contributed by atoms with Crippen LogP contribution in [0.3, 0.4) is 0 Å². The molecule has 0 saturated heterocycles. The number of azo groups is 1. The number of H-pyrrole nitrogens is 1. The minimum atomic E-state index is -0.106. The van der Waals surface area contributed by atoms with Crippen LogP contribution in [0.15, 0.2) is 34.5 Å². The molecule has 0 aliphatic carbocycles. The summed E-state index contributed by atoms with van der Waals surface area (Å²) < 4.78 is 0. The first kappa shape index (κ1) is 11.1. The fraction of sp³-hybridized carbons (Fsp3) is 0.100. The van der Waals surface area contributed by atoms with Crippen molar-refractivity contribution in [3.63, 3.8) is 0 Å². The van der Waals surface area contributed by atoms with Crippen LogP contribution in [0.25, 0.3) is 0 Å². The smallest absolute Gasteiger partial charge is 0.175 e. The van der Waals surface area contributed by atoms with Crippen molar-refractivity contribution in [2.75, 3.05) is 11.5 Å². The van der Waals surface area contributed by atoms with Gasteiger partial charge in [-0.25, -0.2) is 0 Å². The number of nitrogens with zero attached hydrogens (tertiary/aromatic N) is 3. The standard InChI is InChI=1S/C10H12N6O/c11-9-8(10(12)16-15-9)14-13-7-4-2-1-3-6(7)5-17/h1-4,17H,5H2,(H5,11,12,15,16). The Balaban J connectivity index is 2.32. The molecule has 7 heteroatoms. The van der Waals surface area contributed by atoms with Gasteiger partial charge in [0.25, 0.3) is 0 Å². The number of aliphatic hydroxyl groups excluding tert-OH is 1. The molecule has 0 aliphatic heterocycles. The van der Waals surface area contributed by atoms with Crippen LogP contribution in [-0.4, -0.2) is 15.3 Å². The third-order valence-corrected chi connectivity index (χ3v) is 2.21. The maximum atomic E-state index is 9.12. The van der Waals surface area contributed by atoms with Crippen molar-refractivity contribution >= 4 is 23.0 Å². The Morgan fingerprint density at radius 2 is 2.00 bits per heavy atom. The number of nitrogen functional groups attached to an aromatic ring is 2. The first-order valence-electron chi connectivity index (χ1n) is 4.92. The molecule has 6 N–H and O–H groups in total. The van der Waals surface area contributed by atoms with E-state index in [-0.39, 0.29) is 18.2 Å². The van der Waals surface area contributed by atoms with Crippen molar-refractivity contribution in [3.05, 3.63) is 29.8 Å². The molecule has 0 fully saturated rings. The Kier molecular flexibility index (Phi) is 3.01. The van der Waals surface area contributed by atoms with Crippen LogP contribution in [0.1, 0.15) is 5.56 Å². The highest BCUT2D eigenvalue weighted by atomic mass is 16.3. The van der Waals surface area contributed by atoms with Gasteiger partial charge in [-0.2, -0.15) is 5.10 Å². The lowest BCUT2D eigenvalue weighted by atomic mass is 10.2. The highest BCUT2D eigenvalue weighted by Crippen LogP contribution is 2.29. The summed E-state index contributed by atoms with van der Waals surface area (Å²) >= 11 is 0. The lowest BCUT2D eigenvalue weighted by Gasteiger charge is -1.99. The summed E-state index contributed by atoms with van der Waals surface area (Å²) in [6.07, 6.45) is 0. The molecule has 1 heterocycles. The van der Waals surface area contributed by atoms with Crippen molar-refractivity contribution in [1.29, 1.82) is 0 Å². The van der Waals surface area contributed by atoms with Crippen molar-refractivity contribution in [3.8, 4) is 0 Å². The van der Waals surface area contributed by atoms with Gasteiger partial charge in [0.2, 0.25) is 0 Å². The second-order valence-corrected chi connectivity index (χ2v) is 3.36. The molecular formula is C10H12N6O. The third-order valence-electron chi connectivity index (χ3n) is 2.21. The van der Waals surface area contributed by atoms with Gasteiger partial charge in [0, 0.05) is 5.56 Å². The minimum Gasteiger partial charge on any atom is -0.392 e. The molecule has 0 atom stereocenters. The van der Waals surface area contributed by atoms with Gasteiger partial charge in [0.1, 0.15) is 5.82 Å². The van der Waals surface area contributed by atoms with E-state index in [2.05, 4.69) is 20.4 Å². The fourth-order valence-corrected chi connectivity index (χ4v) is 1.32. The molecule has 0 saturated carbocycles. The van der Waals surface area contributed by atoms with Crippen LogP contribution in [-0.2, 0) is 6.61 Å². The van der Waals surface area contributed by atoms with E-state index in [0.29, 0.717) is 16.9 Å². The van der Waals surface area contributed by atoms with E-state index in [4.69, 9.17) is 16.6 Å². The number of aromatic amines is 1. The summed E-state index contributed by atoms with van der Waals surface area (Å²) in [5.41, 5.74) is 12.7. The average Bonchev–Trinajstić information content (AvgIpc) is 2.67. The highest BCUT2D eigenvalue weighted by molar-refractivity contribution is 5.70. The predicted molar refractivity (Wildman–Crippen MR) is 64.0 cm³/mol. The maximum Gasteiger partial charge on any atom is 0.175 e. The quantitative estimate of drug-likeness (QED) is 0.598. The molecule has 0 bridgehead atoms. The van der Waals surface area contributed by atoms with E-state index in [9.17, 15) is 0 Å². The largest absolute Gasteiger partial charge is 0.392 e. The summed E-state index contributed by atoms with van der Waals surface area (Å²) in [5, 5.41) is 23.2. The lowest BCUT2D eigenvalue weighted by Crippen LogP contribution is -1.85. The summed E-state index contributed by atoms with van der Waals surface area (Å²) in [6, 6.07) is 7.11. The van der Waals surface area contributed by atoms with E-state index in [0.717, 1.165) is 0 Å². The van der Waals surface area contributed by atoms with Gasteiger partial charge in [-0.1, -0.05) is 18.2 Å². The Labute approximate surface area is 97.2 Å². The van der Waals surface area contributed by atoms with Crippen LogP contribution in [0.4, 0.5) is 23.0 Å². The van der Waals surface area contributed by atoms with Gasteiger partial charge in [-0.05, 0) is 6.07 Å². The first-order chi connectivity index (χ1) is 8.22. The summed E-state index contributed by atoms with van der Waals surface area (Å²) in [4.78, 5) is 0. The van der Waals surface area contributed by atoms with Gasteiger partial charge in [-0.15, -0.1) is 10.2 Å². The minimum absolute atomic E-state index is 0.106. The number of benzene rings is 1. The van der Waals surface area contributed by atoms with Gasteiger partial charge in [0.15, 0.2) is 11.5 Å². The zero-order valence-electron chi connectivity index (χ0n) is 8.96. The SMILES string of the molecule is Nc1n[nH]c(N)c1N=Nc1ccccc1CO. The van der Waals surface area contributed by atoms with Crippen LogP contribution in [0.2, 0.25) is 0 Å². The Bertz CT molecular complexity index is 528. The first-order valence-corrected chi connectivity index (χ1v) is 4.92. The third kappa shape index (κ3) is 2.23. The molecule has 0 unspecified atom stereocenters. The Hall–Kier alpha value is -2.41. The van der Waals surface area contributed by atoms with Crippen molar-refractivity contribution < 1.29 is 5.11 Å². The molecule has 7 nitrogen and oxygen atoms in total. The number of rotatable bonds is 3. The molecule has 2 aromatic rings. The van der Waals surface area contributed by atoms with Crippen LogP contribution >= 0.6 is 0 Å². The molecule has 0 aliphatic rings. The molecule has 17 heavy (non-hydrogen) atoms. The van der Waals surface area contributed by atoms with E-state index in [1.807, 2.05) is 6.07 Å². The molecule has 2 rings (SSSR count). The number of hydrogen-bond acceptors (Lipinski definition) is 6. The fourth-order valence-electron chi connectivity index (χ4n) is 1.32. The van der Waals surface area contributed by atoms with Crippen LogP contribution in [0, 0.1) is 0 Å². The second kappa shape index (κ2) is 4.62. The molecule has 88 valence electrons. The summed E-state index contributed by atoms with van der Waals surface area (Å²) in [6.45, 7) is -0.106. The molecular weight excluding hydrogens is 220 g/mol. The number of nitrogens with one attached hydrogen (secondary N) is 1. The van der Waals surface area contributed by atoms with Crippen molar-refractivity contribution in [2.45, 2.75) is 6.61 Å². The van der Waals surface area contributed by atoms with E-state index >= 15 is 0 Å². The molecule has 1 aromatic carbocycles. The summed E-state index contributed by atoms with van der Waals surface area (Å²) in [7, 11) is 0. The van der Waals surface area contributed by atoms with E-state index in [1.165, 1.54) is 0 Å². The van der Waals surface area contributed by atoms with Gasteiger partial charge in [0.05, 0.1) is 12.3 Å². The Morgan fingerprint density at radius 3 is 2.65 bits per heavy atom.